The number of hydrogen-bond acceptors (Lipinski definition) is 3. The van der Waals surface area contributed by atoms with E-state index >= 15 is 0 Å². The molecule has 144 valence electrons. The highest BCUT2D eigenvalue weighted by Gasteiger charge is 2.27. The molecule has 1 amide bonds. The van der Waals surface area contributed by atoms with Crippen molar-refractivity contribution in [2.45, 2.75) is 45.7 Å². The highest BCUT2D eigenvalue weighted by molar-refractivity contribution is 5.78. The van der Waals surface area contributed by atoms with Gasteiger partial charge < -0.3 is 10.1 Å². The Morgan fingerprint density at radius 3 is 2.59 bits per heavy atom. The zero-order valence-corrected chi connectivity index (χ0v) is 16.8. The third-order valence-corrected chi connectivity index (χ3v) is 5.62. The molecule has 1 N–H and O–H groups in total. The molecule has 1 heterocycles. The lowest BCUT2D eigenvalue weighted by atomic mass is 10.0. The molecular formula is C23H30N2O2. The minimum atomic E-state index is 0.0128. The lowest BCUT2D eigenvalue weighted by Gasteiger charge is -2.25. The maximum Gasteiger partial charge on any atom is 0.234 e. The van der Waals surface area contributed by atoms with Crippen LogP contribution in [-0.2, 0) is 4.79 Å². The number of amides is 1. The van der Waals surface area contributed by atoms with Gasteiger partial charge in [-0.2, -0.15) is 0 Å². The normalized spacial score (nSPS) is 18.3. The Balaban J connectivity index is 1.61. The molecule has 0 aliphatic carbocycles. The molecule has 1 fully saturated rings. The first-order valence-electron chi connectivity index (χ1n) is 9.72. The van der Waals surface area contributed by atoms with E-state index in [1.807, 2.05) is 19.1 Å². The van der Waals surface area contributed by atoms with Crippen LogP contribution in [0.2, 0.25) is 0 Å². The number of hydrogen-bond donors (Lipinski definition) is 1. The van der Waals surface area contributed by atoms with E-state index in [4.69, 9.17) is 4.74 Å². The van der Waals surface area contributed by atoms with Gasteiger partial charge in [-0.25, -0.2) is 0 Å². The molecule has 2 aromatic rings. The predicted molar refractivity (Wildman–Crippen MR) is 109 cm³/mol. The van der Waals surface area contributed by atoms with Crippen LogP contribution in [0.3, 0.4) is 0 Å². The van der Waals surface area contributed by atoms with E-state index in [0.29, 0.717) is 12.6 Å². The summed E-state index contributed by atoms with van der Waals surface area (Å²) >= 11 is 0. The third kappa shape index (κ3) is 4.69. The van der Waals surface area contributed by atoms with Crippen LogP contribution in [0.5, 0.6) is 5.75 Å². The van der Waals surface area contributed by atoms with Crippen LogP contribution >= 0.6 is 0 Å². The summed E-state index contributed by atoms with van der Waals surface area (Å²) in [6, 6.07) is 14.9. The molecule has 1 aliphatic heterocycles. The van der Waals surface area contributed by atoms with E-state index in [1.54, 1.807) is 7.11 Å². The van der Waals surface area contributed by atoms with Crippen LogP contribution in [0, 0.1) is 13.8 Å². The predicted octanol–water partition coefficient (Wildman–Crippen LogP) is 4.33. The Morgan fingerprint density at radius 2 is 1.93 bits per heavy atom. The highest BCUT2D eigenvalue weighted by atomic mass is 16.5. The number of nitrogens with one attached hydrogen (secondary N) is 1. The van der Waals surface area contributed by atoms with Crippen LogP contribution < -0.4 is 10.1 Å². The molecule has 1 saturated heterocycles. The van der Waals surface area contributed by atoms with E-state index in [1.165, 1.54) is 16.7 Å². The lowest BCUT2D eigenvalue weighted by molar-refractivity contribution is -0.123. The third-order valence-electron chi connectivity index (χ3n) is 5.62. The summed E-state index contributed by atoms with van der Waals surface area (Å²) in [7, 11) is 1.68. The van der Waals surface area contributed by atoms with Gasteiger partial charge in [0.1, 0.15) is 5.75 Å². The number of likely N-dealkylation sites (tertiary alicyclic amines) is 1. The Kier molecular flexibility index (Phi) is 6.17. The second-order valence-corrected chi connectivity index (χ2v) is 7.53. The Hall–Kier alpha value is -2.33. The first-order chi connectivity index (χ1) is 13.0. The van der Waals surface area contributed by atoms with E-state index in [-0.39, 0.29) is 11.9 Å². The van der Waals surface area contributed by atoms with Crippen molar-refractivity contribution in [1.29, 1.82) is 0 Å². The number of carbonyl (C=O) groups excluding carboxylic acids is 1. The van der Waals surface area contributed by atoms with Gasteiger partial charge in [-0.05, 0) is 74.5 Å². The van der Waals surface area contributed by atoms with Gasteiger partial charge in [0, 0.05) is 6.04 Å². The van der Waals surface area contributed by atoms with Crippen LogP contribution in [-0.4, -0.2) is 31.0 Å². The van der Waals surface area contributed by atoms with Crippen molar-refractivity contribution in [1.82, 2.24) is 10.2 Å². The van der Waals surface area contributed by atoms with Gasteiger partial charge in [-0.15, -0.1) is 0 Å². The Bertz CT molecular complexity index is 785. The summed E-state index contributed by atoms with van der Waals surface area (Å²) in [5, 5.41) is 3.16. The van der Waals surface area contributed by atoms with Crippen molar-refractivity contribution in [3.8, 4) is 5.75 Å². The molecule has 0 aromatic heterocycles. The molecule has 0 spiro atoms. The maximum absolute atomic E-state index is 12.6. The van der Waals surface area contributed by atoms with Gasteiger partial charge in [-0.3, -0.25) is 9.69 Å². The van der Waals surface area contributed by atoms with E-state index < -0.39 is 0 Å². The fourth-order valence-corrected chi connectivity index (χ4v) is 3.81. The zero-order chi connectivity index (χ0) is 19.4. The van der Waals surface area contributed by atoms with Gasteiger partial charge in [0.05, 0.1) is 19.7 Å². The van der Waals surface area contributed by atoms with Crippen LogP contribution in [0.4, 0.5) is 0 Å². The summed E-state index contributed by atoms with van der Waals surface area (Å²) in [5.74, 6) is 0.949. The van der Waals surface area contributed by atoms with E-state index in [0.717, 1.165) is 30.7 Å². The molecule has 0 unspecified atom stereocenters. The van der Waals surface area contributed by atoms with Crippen molar-refractivity contribution in [2.24, 2.45) is 0 Å². The van der Waals surface area contributed by atoms with Crippen molar-refractivity contribution in [3.63, 3.8) is 0 Å². The summed E-state index contributed by atoms with van der Waals surface area (Å²) < 4.78 is 5.25. The second-order valence-electron chi connectivity index (χ2n) is 7.53. The van der Waals surface area contributed by atoms with Gasteiger partial charge in [0.2, 0.25) is 5.91 Å². The van der Waals surface area contributed by atoms with Crippen molar-refractivity contribution in [2.75, 3.05) is 20.2 Å². The molecule has 1 aliphatic rings. The summed E-state index contributed by atoms with van der Waals surface area (Å²) in [6.45, 7) is 7.66. The number of methoxy groups -OCH3 is 1. The van der Waals surface area contributed by atoms with Crippen molar-refractivity contribution < 1.29 is 9.53 Å². The molecule has 0 bridgehead atoms. The lowest BCUT2D eigenvalue weighted by Crippen LogP contribution is -2.38. The molecule has 0 radical (unpaired) electrons. The van der Waals surface area contributed by atoms with Crippen LogP contribution in [0.15, 0.2) is 42.5 Å². The monoisotopic (exact) mass is 366 g/mol. The number of carbonyl (C=O) groups is 1. The molecule has 3 rings (SSSR count). The molecule has 4 nitrogen and oxygen atoms in total. The van der Waals surface area contributed by atoms with E-state index in [9.17, 15) is 4.79 Å². The van der Waals surface area contributed by atoms with Gasteiger partial charge in [-0.1, -0.05) is 30.3 Å². The maximum atomic E-state index is 12.6. The zero-order valence-electron chi connectivity index (χ0n) is 16.8. The van der Waals surface area contributed by atoms with E-state index in [2.05, 4.69) is 54.4 Å². The Labute approximate surface area is 162 Å². The number of rotatable bonds is 6. The number of ether oxygens (including phenoxy) is 1. The topological polar surface area (TPSA) is 41.6 Å². The molecular weight excluding hydrogens is 336 g/mol. The van der Waals surface area contributed by atoms with Crippen LogP contribution in [0.1, 0.15) is 54.1 Å². The van der Waals surface area contributed by atoms with Gasteiger partial charge >= 0.3 is 0 Å². The molecule has 2 atom stereocenters. The van der Waals surface area contributed by atoms with Gasteiger partial charge in [0.25, 0.3) is 0 Å². The minimum Gasteiger partial charge on any atom is -0.497 e. The molecule has 0 saturated carbocycles. The smallest absolute Gasteiger partial charge is 0.234 e. The molecule has 2 aromatic carbocycles. The minimum absolute atomic E-state index is 0.0128. The SMILES string of the molecule is COc1ccc([C@@H]2CCCN2CC(=O)N[C@@H](C)c2ccc(C)c(C)c2)cc1. The summed E-state index contributed by atoms with van der Waals surface area (Å²) in [5.41, 5.74) is 4.94. The summed E-state index contributed by atoms with van der Waals surface area (Å²) in [4.78, 5) is 14.9. The second kappa shape index (κ2) is 8.57. The quantitative estimate of drug-likeness (QED) is 0.827. The molecule has 27 heavy (non-hydrogen) atoms. The number of nitrogens with zero attached hydrogens (tertiary/aromatic N) is 1. The highest BCUT2D eigenvalue weighted by Crippen LogP contribution is 2.32. The first-order valence-corrected chi connectivity index (χ1v) is 9.72. The van der Waals surface area contributed by atoms with Crippen LogP contribution in [0.25, 0.3) is 0 Å². The van der Waals surface area contributed by atoms with Gasteiger partial charge in [0.15, 0.2) is 0 Å². The largest absolute Gasteiger partial charge is 0.497 e. The van der Waals surface area contributed by atoms with Crippen molar-refractivity contribution >= 4 is 5.91 Å². The number of aryl methyl sites for hydroxylation is 2. The average Bonchev–Trinajstić information content (AvgIpc) is 3.11. The fraction of sp³-hybridized carbons (Fsp3) is 0.435. The molecule has 4 heteroatoms. The first kappa shape index (κ1) is 19.4. The summed E-state index contributed by atoms with van der Waals surface area (Å²) in [6.07, 6.45) is 2.21. The standard InChI is InChI=1S/C23H30N2O2/c1-16-7-8-20(14-17(16)2)18(3)24-23(26)15-25-13-5-6-22(25)19-9-11-21(27-4)12-10-19/h7-12,14,18,22H,5-6,13,15H2,1-4H3,(H,24,26)/t18-,22-/m0/s1. The fourth-order valence-electron chi connectivity index (χ4n) is 3.81. The Morgan fingerprint density at radius 1 is 1.19 bits per heavy atom. The van der Waals surface area contributed by atoms with Crippen molar-refractivity contribution in [3.05, 3.63) is 64.7 Å². The average molecular weight is 367 g/mol. The number of benzene rings is 2.